The van der Waals surface area contributed by atoms with Crippen molar-refractivity contribution in [3.05, 3.63) is 82.8 Å². The topological polar surface area (TPSA) is 83.9 Å². The molecule has 30 heavy (non-hydrogen) atoms. The number of H-pyrrole nitrogens is 1. The van der Waals surface area contributed by atoms with Crippen LogP contribution in [0, 0.1) is 0 Å². The van der Waals surface area contributed by atoms with Crippen molar-refractivity contribution >= 4 is 28.7 Å². The maximum absolute atomic E-state index is 12.8. The monoisotopic (exact) mass is 419 g/mol. The van der Waals surface area contributed by atoms with Gasteiger partial charge in [-0.2, -0.15) is 5.10 Å². The van der Waals surface area contributed by atoms with Crippen LogP contribution < -0.4 is 5.56 Å². The fraction of sp³-hybridized carbons (Fsp3) is 0.182. The molecule has 0 aliphatic heterocycles. The predicted molar refractivity (Wildman–Crippen MR) is 118 cm³/mol. The average Bonchev–Trinajstić information content (AvgIpc) is 3.19. The summed E-state index contributed by atoms with van der Waals surface area (Å²) in [6, 6.07) is 19.3. The lowest BCUT2D eigenvalue weighted by atomic mass is 10.2. The molecule has 1 atom stereocenters. The first-order valence-corrected chi connectivity index (χ1v) is 10.4. The fourth-order valence-corrected chi connectivity index (χ4v) is 4.08. The van der Waals surface area contributed by atoms with E-state index in [0.717, 1.165) is 11.3 Å². The lowest BCUT2D eigenvalue weighted by molar-refractivity contribution is -0.129. The second-order valence-electron chi connectivity index (χ2n) is 6.94. The lowest BCUT2D eigenvalue weighted by Gasteiger charge is -2.21. The first kappa shape index (κ1) is 19.9. The van der Waals surface area contributed by atoms with Gasteiger partial charge in [0.05, 0.1) is 17.1 Å². The van der Waals surface area contributed by atoms with Gasteiger partial charge in [0.15, 0.2) is 10.8 Å². The third-order valence-electron chi connectivity index (χ3n) is 4.69. The summed E-state index contributed by atoms with van der Waals surface area (Å²) in [6.07, 6.45) is 1.50. The number of hydrogen-bond donors (Lipinski definition) is 1. The zero-order valence-electron chi connectivity index (χ0n) is 16.6. The Morgan fingerprint density at radius 3 is 2.50 bits per heavy atom. The molecule has 7 nitrogen and oxygen atoms in total. The van der Waals surface area contributed by atoms with Crippen LogP contribution in [0.15, 0.2) is 76.8 Å². The highest BCUT2D eigenvalue weighted by Crippen LogP contribution is 2.23. The van der Waals surface area contributed by atoms with Gasteiger partial charge in [-0.15, -0.1) is 0 Å². The zero-order valence-corrected chi connectivity index (χ0v) is 17.5. The summed E-state index contributed by atoms with van der Waals surface area (Å²) in [4.78, 5) is 34.3. The van der Waals surface area contributed by atoms with Crippen molar-refractivity contribution in [3.8, 4) is 5.69 Å². The molecular weight excluding hydrogens is 398 g/mol. The molecule has 0 bridgehead atoms. The number of nitrogens with one attached hydrogen (secondary N) is 1. The van der Waals surface area contributed by atoms with Gasteiger partial charge in [0.1, 0.15) is 5.39 Å². The fourth-order valence-electron chi connectivity index (χ4n) is 3.18. The van der Waals surface area contributed by atoms with E-state index in [4.69, 9.17) is 0 Å². The van der Waals surface area contributed by atoms with Crippen LogP contribution in [0.4, 0.5) is 0 Å². The first-order valence-electron chi connectivity index (χ1n) is 9.52. The van der Waals surface area contributed by atoms with E-state index < -0.39 is 5.25 Å². The van der Waals surface area contributed by atoms with Crippen molar-refractivity contribution in [2.75, 3.05) is 7.05 Å². The Bertz CT molecular complexity index is 1220. The number of hydrogen-bond acceptors (Lipinski definition) is 5. The molecule has 0 aliphatic carbocycles. The summed E-state index contributed by atoms with van der Waals surface area (Å²) in [5.41, 5.74) is 2.06. The van der Waals surface area contributed by atoms with E-state index in [2.05, 4.69) is 15.1 Å². The molecule has 1 unspecified atom stereocenters. The highest BCUT2D eigenvalue weighted by atomic mass is 32.2. The molecule has 0 saturated carbocycles. The van der Waals surface area contributed by atoms with E-state index in [1.807, 2.05) is 67.6 Å². The van der Waals surface area contributed by atoms with E-state index in [1.165, 1.54) is 18.0 Å². The Labute approximate surface area is 177 Å². The van der Waals surface area contributed by atoms with Crippen molar-refractivity contribution in [3.63, 3.8) is 0 Å². The largest absolute Gasteiger partial charge is 0.340 e. The van der Waals surface area contributed by atoms with Crippen LogP contribution in [0.2, 0.25) is 0 Å². The Kier molecular flexibility index (Phi) is 5.67. The van der Waals surface area contributed by atoms with Crippen LogP contribution in [0.25, 0.3) is 16.7 Å². The van der Waals surface area contributed by atoms with Crippen molar-refractivity contribution in [1.29, 1.82) is 0 Å². The van der Waals surface area contributed by atoms with Gasteiger partial charge < -0.3 is 9.88 Å². The number of rotatable bonds is 6. The molecule has 0 fully saturated rings. The van der Waals surface area contributed by atoms with E-state index >= 15 is 0 Å². The number of thioether (sulfide) groups is 1. The van der Waals surface area contributed by atoms with E-state index in [9.17, 15) is 9.59 Å². The van der Waals surface area contributed by atoms with Gasteiger partial charge in [0, 0.05) is 13.6 Å². The van der Waals surface area contributed by atoms with Gasteiger partial charge in [0.25, 0.3) is 5.56 Å². The molecule has 0 saturated heterocycles. The van der Waals surface area contributed by atoms with Crippen molar-refractivity contribution in [2.24, 2.45) is 0 Å². The minimum absolute atomic E-state index is 0.0387. The molecule has 2 aromatic carbocycles. The summed E-state index contributed by atoms with van der Waals surface area (Å²) < 4.78 is 1.63. The van der Waals surface area contributed by atoms with E-state index in [-0.39, 0.29) is 11.5 Å². The minimum atomic E-state index is -0.410. The van der Waals surface area contributed by atoms with Gasteiger partial charge in [-0.3, -0.25) is 9.59 Å². The Balaban J connectivity index is 1.56. The molecule has 2 heterocycles. The summed E-state index contributed by atoms with van der Waals surface area (Å²) in [7, 11) is 1.77. The van der Waals surface area contributed by atoms with Gasteiger partial charge in [-0.1, -0.05) is 60.3 Å². The standard InChI is InChI=1S/C22H21N5O2S/c1-15(21(29)26(2)14-16-9-5-3-6-10-16)30-22-24-19-18(20(28)25-22)13-23-27(19)17-11-7-4-8-12-17/h3-13,15H,14H2,1-2H3,(H,24,25,28). The molecule has 0 radical (unpaired) electrons. The maximum atomic E-state index is 12.8. The molecule has 1 N–H and O–H groups in total. The number of para-hydroxylation sites is 1. The number of aromatic nitrogens is 4. The van der Waals surface area contributed by atoms with Gasteiger partial charge in [-0.05, 0) is 24.6 Å². The molecule has 8 heteroatoms. The van der Waals surface area contributed by atoms with E-state index in [0.29, 0.717) is 22.7 Å². The third-order valence-corrected chi connectivity index (χ3v) is 5.66. The number of nitrogens with zero attached hydrogens (tertiary/aromatic N) is 4. The van der Waals surface area contributed by atoms with Crippen molar-refractivity contribution < 1.29 is 4.79 Å². The highest BCUT2D eigenvalue weighted by Gasteiger charge is 2.21. The number of amides is 1. The quantitative estimate of drug-likeness (QED) is 0.383. The second-order valence-corrected chi connectivity index (χ2v) is 8.27. The van der Waals surface area contributed by atoms with Crippen molar-refractivity contribution in [1.82, 2.24) is 24.6 Å². The third kappa shape index (κ3) is 4.13. The zero-order chi connectivity index (χ0) is 21.1. The Hall–Kier alpha value is -3.39. The summed E-state index contributed by atoms with van der Waals surface area (Å²) >= 11 is 1.23. The average molecular weight is 420 g/mol. The van der Waals surface area contributed by atoms with Crippen LogP contribution >= 0.6 is 11.8 Å². The molecule has 4 rings (SSSR count). The van der Waals surface area contributed by atoms with Crippen LogP contribution in [-0.4, -0.2) is 42.9 Å². The number of fused-ring (bicyclic) bond motifs is 1. The lowest BCUT2D eigenvalue weighted by Crippen LogP contribution is -2.33. The summed E-state index contributed by atoms with van der Waals surface area (Å²) in [6.45, 7) is 2.33. The van der Waals surface area contributed by atoms with Gasteiger partial charge in [0.2, 0.25) is 5.91 Å². The molecule has 1 amide bonds. The second kappa shape index (κ2) is 8.54. The first-order chi connectivity index (χ1) is 14.5. The number of benzene rings is 2. The number of carbonyl (C=O) groups is 1. The van der Waals surface area contributed by atoms with Crippen LogP contribution in [0.1, 0.15) is 12.5 Å². The maximum Gasteiger partial charge on any atom is 0.262 e. The summed E-state index contributed by atoms with van der Waals surface area (Å²) in [5, 5.41) is 4.69. The van der Waals surface area contributed by atoms with Gasteiger partial charge in [-0.25, -0.2) is 9.67 Å². The predicted octanol–water partition coefficient (Wildman–Crippen LogP) is 3.25. The molecule has 0 spiro atoms. The van der Waals surface area contributed by atoms with Crippen LogP contribution in [0.5, 0.6) is 0 Å². The van der Waals surface area contributed by atoms with Gasteiger partial charge >= 0.3 is 0 Å². The smallest absolute Gasteiger partial charge is 0.262 e. The van der Waals surface area contributed by atoms with E-state index in [1.54, 1.807) is 16.6 Å². The van der Waals surface area contributed by atoms with Crippen LogP contribution in [-0.2, 0) is 11.3 Å². The van der Waals surface area contributed by atoms with Crippen molar-refractivity contribution in [2.45, 2.75) is 23.9 Å². The molecule has 0 aliphatic rings. The van der Waals surface area contributed by atoms with Crippen LogP contribution in [0.3, 0.4) is 0 Å². The number of carbonyl (C=O) groups excluding carboxylic acids is 1. The molecule has 4 aromatic rings. The molecular formula is C22H21N5O2S. The molecule has 152 valence electrons. The molecule has 2 aromatic heterocycles. The summed E-state index contributed by atoms with van der Waals surface area (Å²) in [5.74, 6) is -0.0387. The SMILES string of the molecule is CC(Sc1nc2c(cnn2-c2ccccc2)c(=O)[nH]1)C(=O)N(C)Cc1ccccc1. The highest BCUT2D eigenvalue weighted by molar-refractivity contribution is 8.00. The normalized spacial score (nSPS) is 12.1. The Morgan fingerprint density at radius 1 is 1.13 bits per heavy atom. The minimum Gasteiger partial charge on any atom is -0.340 e. The number of aromatic amines is 1. The Morgan fingerprint density at radius 2 is 1.80 bits per heavy atom.